The molecule has 4 rings (SSSR count). The summed E-state index contributed by atoms with van der Waals surface area (Å²) in [6.45, 7) is 5.84. The van der Waals surface area contributed by atoms with Crippen LogP contribution in [0.3, 0.4) is 0 Å². The van der Waals surface area contributed by atoms with Gasteiger partial charge in [0.05, 0.1) is 35.0 Å². The van der Waals surface area contributed by atoms with Gasteiger partial charge in [0.2, 0.25) is 0 Å². The van der Waals surface area contributed by atoms with Gasteiger partial charge in [-0.25, -0.2) is 4.98 Å². The Kier molecular flexibility index (Phi) is 6.05. The summed E-state index contributed by atoms with van der Waals surface area (Å²) in [5.41, 5.74) is 1.72. The lowest BCUT2D eigenvalue weighted by molar-refractivity contribution is 0.0337. The van der Waals surface area contributed by atoms with Crippen LogP contribution in [-0.4, -0.2) is 48.0 Å². The van der Waals surface area contributed by atoms with E-state index in [4.69, 9.17) is 9.15 Å². The van der Waals surface area contributed by atoms with Crippen LogP contribution in [0.25, 0.3) is 0 Å². The van der Waals surface area contributed by atoms with Gasteiger partial charge < -0.3 is 14.5 Å². The third-order valence-electron chi connectivity index (χ3n) is 4.37. The molecule has 2 amide bonds. The van der Waals surface area contributed by atoms with E-state index in [0.29, 0.717) is 15.0 Å². The van der Waals surface area contributed by atoms with E-state index >= 15 is 0 Å². The SMILES string of the molecule is Cc1cc(NC(=O)c2ccco2)sc1C(=O)Nc1nc(CN2CCOCC2)cs1. The van der Waals surface area contributed by atoms with Crippen molar-refractivity contribution in [3.63, 3.8) is 0 Å². The van der Waals surface area contributed by atoms with Crippen LogP contribution in [0.5, 0.6) is 0 Å². The van der Waals surface area contributed by atoms with Gasteiger partial charge in [-0.05, 0) is 30.7 Å². The van der Waals surface area contributed by atoms with Crippen LogP contribution >= 0.6 is 22.7 Å². The Hall–Kier alpha value is -2.53. The number of thiazole rings is 1. The highest BCUT2D eigenvalue weighted by molar-refractivity contribution is 7.18. The number of nitrogens with zero attached hydrogens (tertiary/aromatic N) is 2. The van der Waals surface area contributed by atoms with Crippen LogP contribution < -0.4 is 10.6 Å². The molecule has 1 aliphatic heterocycles. The van der Waals surface area contributed by atoms with E-state index in [2.05, 4.69) is 20.5 Å². The molecular weight excluding hydrogens is 412 g/mol. The zero-order chi connectivity index (χ0) is 20.2. The molecule has 0 bridgehead atoms. The van der Waals surface area contributed by atoms with Crippen molar-refractivity contribution < 1.29 is 18.7 Å². The molecule has 10 heteroatoms. The number of carbonyl (C=O) groups is 2. The predicted molar refractivity (Wildman–Crippen MR) is 112 cm³/mol. The van der Waals surface area contributed by atoms with E-state index in [1.807, 2.05) is 12.3 Å². The minimum Gasteiger partial charge on any atom is -0.459 e. The fourth-order valence-electron chi connectivity index (χ4n) is 2.93. The molecule has 1 fully saturated rings. The molecule has 3 aromatic heterocycles. The number of amides is 2. The van der Waals surface area contributed by atoms with E-state index in [-0.39, 0.29) is 17.6 Å². The van der Waals surface area contributed by atoms with Crippen molar-refractivity contribution in [1.29, 1.82) is 0 Å². The molecular formula is C19H20N4O4S2. The summed E-state index contributed by atoms with van der Waals surface area (Å²) in [5.74, 6) is -0.369. The average Bonchev–Trinajstić information content (AvgIpc) is 3.44. The third-order valence-corrected chi connectivity index (χ3v) is 6.33. The van der Waals surface area contributed by atoms with Gasteiger partial charge in [0, 0.05) is 25.0 Å². The monoisotopic (exact) mass is 432 g/mol. The molecule has 3 aromatic rings. The van der Waals surface area contributed by atoms with Crippen molar-refractivity contribution in [2.45, 2.75) is 13.5 Å². The molecule has 0 saturated carbocycles. The summed E-state index contributed by atoms with van der Waals surface area (Å²) in [6, 6.07) is 5.00. The lowest BCUT2D eigenvalue weighted by Crippen LogP contribution is -2.35. The van der Waals surface area contributed by atoms with Gasteiger partial charge in [0.1, 0.15) is 0 Å². The molecule has 152 valence electrons. The first-order chi connectivity index (χ1) is 14.1. The molecule has 1 aliphatic rings. The van der Waals surface area contributed by atoms with Gasteiger partial charge in [-0.1, -0.05) is 0 Å². The number of aromatic nitrogens is 1. The van der Waals surface area contributed by atoms with Crippen LogP contribution in [0.1, 0.15) is 31.5 Å². The number of rotatable bonds is 6. The first-order valence-corrected chi connectivity index (χ1v) is 10.8. The second-order valence-electron chi connectivity index (χ2n) is 6.54. The summed E-state index contributed by atoms with van der Waals surface area (Å²) in [6.07, 6.45) is 1.44. The molecule has 4 heterocycles. The first-order valence-electron chi connectivity index (χ1n) is 9.09. The van der Waals surface area contributed by atoms with Crippen molar-refractivity contribution >= 4 is 44.6 Å². The minimum absolute atomic E-state index is 0.220. The molecule has 2 N–H and O–H groups in total. The van der Waals surface area contributed by atoms with Crippen LogP contribution in [-0.2, 0) is 11.3 Å². The molecule has 0 aliphatic carbocycles. The number of thiophene rings is 1. The lowest BCUT2D eigenvalue weighted by atomic mass is 10.3. The summed E-state index contributed by atoms with van der Waals surface area (Å²) >= 11 is 2.62. The Morgan fingerprint density at radius 2 is 2.07 bits per heavy atom. The zero-order valence-electron chi connectivity index (χ0n) is 15.8. The Balaban J connectivity index is 1.37. The molecule has 8 nitrogen and oxygen atoms in total. The molecule has 29 heavy (non-hydrogen) atoms. The molecule has 0 unspecified atom stereocenters. The van der Waals surface area contributed by atoms with Crippen LogP contribution in [0.2, 0.25) is 0 Å². The number of furan rings is 1. The van der Waals surface area contributed by atoms with Crippen molar-refractivity contribution in [1.82, 2.24) is 9.88 Å². The molecule has 0 atom stereocenters. The Bertz CT molecular complexity index is 990. The molecule has 0 spiro atoms. The highest BCUT2D eigenvalue weighted by Crippen LogP contribution is 2.28. The maximum absolute atomic E-state index is 12.7. The number of morpholine rings is 1. The summed E-state index contributed by atoms with van der Waals surface area (Å²) in [7, 11) is 0. The van der Waals surface area contributed by atoms with Crippen molar-refractivity contribution in [3.05, 3.63) is 51.7 Å². The summed E-state index contributed by atoms with van der Waals surface area (Å²) in [5, 5.41) is 8.71. The number of hydrogen-bond donors (Lipinski definition) is 2. The molecule has 0 aromatic carbocycles. The maximum atomic E-state index is 12.7. The Labute approximate surface area is 175 Å². The minimum atomic E-state index is -0.351. The topological polar surface area (TPSA) is 96.7 Å². The molecule has 0 radical (unpaired) electrons. The normalized spacial score (nSPS) is 14.7. The number of nitrogens with one attached hydrogen (secondary N) is 2. The van der Waals surface area contributed by atoms with Gasteiger partial charge in [0.15, 0.2) is 10.9 Å². The van der Waals surface area contributed by atoms with Crippen LogP contribution in [0.15, 0.2) is 34.3 Å². The Morgan fingerprint density at radius 3 is 2.83 bits per heavy atom. The maximum Gasteiger partial charge on any atom is 0.291 e. The third kappa shape index (κ3) is 4.91. The smallest absolute Gasteiger partial charge is 0.291 e. The van der Waals surface area contributed by atoms with Crippen molar-refractivity contribution in [3.8, 4) is 0 Å². The summed E-state index contributed by atoms with van der Waals surface area (Å²) < 4.78 is 10.4. The number of anilines is 2. The second-order valence-corrected chi connectivity index (χ2v) is 8.45. The standard InChI is InChI=1S/C19H20N4O4S2/c1-12-9-15(21-17(24)14-3-2-6-27-14)29-16(12)18(25)22-19-20-13(11-28-19)10-23-4-7-26-8-5-23/h2-3,6,9,11H,4-5,7-8,10H2,1H3,(H,21,24)(H,20,22,25). The van der Waals surface area contributed by atoms with Gasteiger partial charge in [-0.3, -0.25) is 19.8 Å². The van der Waals surface area contributed by atoms with Crippen molar-refractivity contribution in [2.24, 2.45) is 0 Å². The average molecular weight is 433 g/mol. The van der Waals surface area contributed by atoms with Crippen LogP contribution in [0.4, 0.5) is 10.1 Å². The van der Waals surface area contributed by atoms with E-state index < -0.39 is 0 Å². The van der Waals surface area contributed by atoms with Gasteiger partial charge >= 0.3 is 0 Å². The number of carbonyl (C=O) groups excluding carboxylic acids is 2. The van der Waals surface area contributed by atoms with Crippen LogP contribution in [0, 0.1) is 6.92 Å². The number of ether oxygens (including phenoxy) is 1. The Morgan fingerprint density at radius 1 is 1.24 bits per heavy atom. The summed E-state index contributed by atoms with van der Waals surface area (Å²) in [4.78, 5) is 32.1. The largest absolute Gasteiger partial charge is 0.459 e. The van der Waals surface area contributed by atoms with Gasteiger partial charge in [0.25, 0.3) is 11.8 Å². The second kappa shape index (κ2) is 8.87. The fourth-order valence-corrected chi connectivity index (χ4v) is 4.59. The highest BCUT2D eigenvalue weighted by Gasteiger charge is 2.18. The highest BCUT2D eigenvalue weighted by atomic mass is 32.1. The first kappa shape index (κ1) is 19.8. The van der Waals surface area contributed by atoms with Gasteiger partial charge in [-0.15, -0.1) is 22.7 Å². The number of aryl methyl sites for hydroxylation is 1. The fraction of sp³-hybridized carbons (Fsp3) is 0.316. The molecule has 1 saturated heterocycles. The van der Waals surface area contributed by atoms with E-state index in [0.717, 1.165) is 44.1 Å². The quantitative estimate of drug-likeness (QED) is 0.619. The number of hydrogen-bond acceptors (Lipinski definition) is 8. The van der Waals surface area contributed by atoms with Crippen molar-refractivity contribution in [2.75, 3.05) is 36.9 Å². The predicted octanol–water partition coefficient (Wildman–Crippen LogP) is 3.44. The lowest BCUT2D eigenvalue weighted by Gasteiger charge is -2.25. The van der Waals surface area contributed by atoms with E-state index in [1.165, 1.54) is 28.9 Å². The van der Waals surface area contributed by atoms with Gasteiger partial charge in [-0.2, -0.15) is 0 Å². The van der Waals surface area contributed by atoms with E-state index in [1.54, 1.807) is 18.2 Å². The zero-order valence-corrected chi connectivity index (χ0v) is 17.4. The van der Waals surface area contributed by atoms with E-state index in [9.17, 15) is 9.59 Å².